The standard InChI is InChI=1S/C12H10N4O2S2/c19-11-13-9(7-3-1-5-17-7)15-12(20)14-10(16(11)15)8-4-2-6-18-8/h1-6,9-10H,(H,13,19)(H,14,20)/t9-,10+. The Kier molecular flexibility index (Phi) is 2.48. The van der Waals surface area contributed by atoms with Crippen LogP contribution in [0.5, 0.6) is 0 Å². The van der Waals surface area contributed by atoms with Crippen LogP contribution in [-0.2, 0) is 0 Å². The first kappa shape index (κ1) is 11.7. The zero-order chi connectivity index (χ0) is 13.7. The predicted molar refractivity (Wildman–Crippen MR) is 78.0 cm³/mol. The van der Waals surface area contributed by atoms with Crippen LogP contribution in [0.1, 0.15) is 23.9 Å². The van der Waals surface area contributed by atoms with Gasteiger partial charge in [-0.15, -0.1) is 0 Å². The van der Waals surface area contributed by atoms with Gasteiger partial charge in [-0.1, -0.05) is 0 Å². The summed E-state index contributed by atoms with van der Waals surface area (Å²) in [6.45, 7) is 0. The van der Waals surface area contributed by atoms with Gasteiger partial charge in [0.05, 0.1) is 12.5 Å². The molecule has 4 heterocycles. The molecule has 2 aromatic heterocycles. The number of furan rings is 2. The third-order valence-corrected chi connectivity index (χ3v) is 3.89. The second-order valence-electron chi connectivity index (χ2n) is 4.42. The van der Waals surface area contributed by atoms with Crippen molar-refractivity contribution in [2.24, 2.45) is 0 Å². The first-order valence-electron chi connectivity index (χ1n) is 6.02. The highest BCUT2D eigenvalue weighted by Crippen LogP contribution is 2.36. The van der Waals surface area contributed by atoms with Gasteiger partial charge in [0, 0.05) is 0 Å². The molecule has 8 heteroatoms. The van der Waals surface area contributed by atoms with Crippen molar-refractivity contribution in [3.63, 3.8) is 0 Å². The SMILES string of the molecule is S=C1N[C@@H](c2ccco2)N2C(=S)N[C@H](c3ccco3)N12. The van der Waals surface area contributed by atoms with Gasteiger partial charge in [-0.25, -0.2) is 10.0 Å². The first-order chi connectivity index (χ1) is 9.75. The Hall–Kier alpha value is -2.06. The second kappa shape index (κ2) is 4.22. The zero-order valence-electron chi connectivity index (χ0n) is 10.1. The van der Waals surface area contributed by atoms with Gasteiger partial charge in [0.2, 0.25) is 0 Å². The number of hydrazine groups is 1. The van der Waals surface area contributed by atoms with E-state index < -0.39 is 0 Å². The number of nitrogens with one attached hydrogen (secondary N) is 2. The molecule has 2 atom stereocenters. The molecule has 0 saturated carbocycles. The van der Waals surface area contributed by atoms with E-state index in [1.54, 1.807) is 12.5 Å². The zero-order valence-corrected chi connectivity index (χ0v) is 11.8. The van der Waals surface area contributed by atoms with E-state index >= 15 is 0 Å². The Morgan fingerprint density at radius 3 is 1.65 bits per heavy atom. The Morgan fingerprint density at radius 2 is 1.30 bits per heavy atom. The monoisotopic (exact) mass is 306 g/mol. The van der Waals surface area contributed by atoms with Crippen molar-refractivity contribution in [2.45, 2.75) is 12.3 Å². The Balaban J connectivity index is 1.73. The van der Waals surface area contributed by atoms with Crippen molar-refractivity contribution in [3.8, 4) is 0 Å². The number of fused-ring (bicyclic) bond motifs is 1. The summed E-state index contributed by atoms with van der Waals surface area (Å²) in [5, 5.41) is 11.3. The summed E-state index contributed by atoms with van der Waals surface area (Å²) < 4.78 is 10.9. The molecule has 6 nitrogen and oxygen atoms in total. The molecule has 20 heavy (non-hydrogen) atoms. The molecule has 2 saturated heterocycles. The molecule has 2 aliphatic heterocycles. The van der Waals surface area contributed by atoms with Gasteiger partial charge in [0.15, 0.2) is 22.6 Å². The molecule has 2 aromatic rings. The number of hydrogen-bond donors (Lipinski definition) is 2. The average molecular weight is 306 g/mol. The smallest absolute Gasteiger partial charge is 0.192 e. The van der Waals surface area contributed by atoms with Crippen LogP contribution in [0, 0.1) is 0 Å². The van der Waals surface area contributed by atoms with Crippen LogP contribution in [0.25, 0.3) is 0 Å². The third kappa shape index (κ3) is 1.55. The summed E-state index contributed by atoms with van der Waals surface area (Å²) in [4.78, 5) is 0. The van der Waals surface area contributed by atoms with Crippen LogP contribution < -0.4 is 10.6 Å². The Bertz CT molecular complexity index is 597. The van der Waals surface area contributed by atoms with Gasteiger partial charge in [-0.05, 0) is 48.7 Å². The maximum absolute atomic E-state index is 5.45. The van der Waals surface area contributed by atoms with Crippen molar-refractivity contribution in [3.05, 3.63) is 48.3 Å². The molecule has 0 bridgehead atoms. The van der Waals surface area contributed by atoms with Crippen molar-refractivity contribution >= 4 is 34.7 Å². The van der Waals surface area contributed by atoms with Crippen LogP contribution in [0.15, 0.2) is 45.6 Å². The quantitative estimate of drug-likeness (QED) is 0.816. The first-order valence-corrected chi connectivity index (χ1v) is 6.83. The van der Waals surface area contributed by atoms with E-state index in [4.69, 9.17) is 33.3 Å². The Labute approximate surface area is 125 Å². The maximum Gasteiger partial charge on any atom is 0.192 e. The second-order valence-corrected chi connectivity index (χ2v) is 5.20. The molecule has 2 fully saturated rings. The summed E-state index contributed by atoms with van der Waals surface area (Å²) in [5.41, 5.74) is 0. The van der Waals surface area contributed by atoms with Crippen molar-refractivity contribution in [1.29, 1.82) is 0 Å². The van der Waals surface area contributed by atoms with Gasteiger partial charge in [-0.2, -0.15) is 0 Å². The maximum atomic E-state index is 5.45. The molecule has 0 radical (unpaired) electrons. The van der Waals surface area contributed by atoms with Crippen LogP contribution in [-0.4, -0.2) is 20.2 Å². The summed E-state index contributed by atoms with van der Waals surface area (Å²) in [5.74, 6) is 1.50. The highest BCUT2D eigenvalue weighted by atomic mass is 32.1. The summed E-state index contributed by atoms with van der Waals surface area (Å²) in [7, 11) is 0. The van der Waals surface area contributed by atoms with Gasteiger partial charge in [0.25, 0.3) is 0 Å². The lowest BCUT2D eigenvalue weighted by atomic mass is 10.3. The van der Waals surface area contributed by atoms with E-state index in [2.05, 4.69) is 10.6 Å². The van der Waals surface area contributed by atoms with E-state index in [0.29, 0.717) is 10.2 Å². The fraction of sp³-hybridized carbons (Fsp3) is 0.167. The molecule has 4 rings (SSSR count). The van der Waals surface area contributed by atoms with Crippen molar-refractivity contribution < 1.29 is 8.83 Å². The highest BCUT2D eigenvalue weighted by molar-refractivity contribution is 7.80. The fourth-order valence-electron chi connectivity index (χ4n) is 2.44. The molecular formula is C12H10N4O2S2. The molecule has 102 valence electrons. The molecular weight excluding hydrogens is 296 g/mol. The lowest BCUT2D eigenvalue weighted by Gasteiger charge is -2.24. The number of rotatable bonds is 2. The van der Waals surface area contributed by atoms with Crippen LogP contribution in [0.3, 0.4) is 0 Å². The summed E-state index contributed by atoms with van der Waals surface area (Å²) in [6.07, 6.45) is 2.77. The van der Waals surface area contributed by atoms with Crippen LogP contribution >= 0.6 is 24.4 Å². The predicted octanol–water partition coefficient (Wildman–Crippen LogP) is 1.87. The third-order valence-electron chi connectivity index (χ3n) is 3.28. The van der Waals surface area contributed by atoms with Crippen LogP contribution in [0.4, 0.5) is 0 Å². The number of nitrogens with zero attached hydrogens (tertiary/aromatic N) is 2. The highest BCUT2D eigenvalue weighted by Gasteiger charge is 2.49. The lowest BCUT2D eigenvalue weighted by Crippen LogP contribution is -2.35. The van der Waals surface area contributed by atoms with E-state index in [9.17, 15) is 0 Å². The number of hydrogen-bond acceptors (Lipinski definition) is 4. The van der Waals surface area contributed by atoms with E-state index in [1.165, 1.54) is 0 Å². The largest absolute Gasteiger partial charge is 0.465 e. The van der Waals surface area contributed by atoms with Crippen molar-refractivity contribution in [2.75, 3.05) is 0 Å². The minimum absolute atomic E-state index is 0.238. The molecule has 0 aromatic carbocycles. The minimum atomic E-state index is -0.238. The molecule has 2 aliphatic rings. The van der Waals surface area contributed by atoms with Crippen LogP contribution in [0.2, 0.25) is 0 Å². The van der Waals surface area contributed by atoms with Gasteiger partial charge < -0.3 is 19.5 Å². The average Bonchev–Trinajstić information content (AvgIpc) is 3.17. The van der Waals surface area contributed by atoms with Crippen molar-refractivity contribution in [1.82, 2.24) is 20.7 Å². The molecule has 0 unspecified atom stereocenters. The molecule has 0 spiro atoms. The molecule has 0 amide bonds. The lowest BCUT2D eigenvalue weighted by molar-refractivity contribution is 0.0940. The summed E-state index contributed by atoms with van der Waals surface area (Å²) in [6, 6.07) is 7.43. The van der Waals surface area contributed by atoms with Gasteiger partial charge >= 0.3 is 0 Å². The minimum Gasteiger partial charge on any atom is -0.465 e. The topological polar surface area (TPSA) is 56.8 Å². The van der Waals surface area contributed by atoms with Gasteiger partial charge in [0.1, 0.15) is 11.5 Å². The number of thiocarbonyl (C=S) groups is 2. The molecule has 0 aliphatic carbocycles. The molecule has 2 N–H and O–H groups in total. The van der Waals surface area contributed by atoms with E-state index in [0.717, 1.165) is 11.5 Å². The Morgan fingerprint density at radius 1 is 0.850 bits per heavy atom. The fourth-order valence-corrected chi connectivity index (χ4v) is 3.05. The normalized spacial score (nSPS) is 24.8. The van der Waals surface area contributed by atoms with Gasteiger partial charge in [-0.3, -0.25) is 0 Å². The van der Waals surface area contributed by atoms with E-state index in [1.807, 2.05) is 34.3 Å². The summed E-state index contributed by atoms with van der Waals surface area (Å²) >= 11 is 10.8. The van der Waals surface area contributed by atoms with E-state index in [-0.39, 0.29) is 12.3 Å².